The van der Waals surface area contributed by atoms with Crippen molar-refractivity contribution in [2.45, 2.75) is 26.9 Å². The number of aromatic amines is 1. The Morgan fingerprint density at radius 2 is 2.16 bits per heavy atom. The first-order valence-corrected chi connectivity index (χ1v) is 6.91. The van der Waals surface area contributed by atoms with Gasteiger partial charge in [0.1, 0.15) is 12.2 Å². The Kier molecular flexibility index (Phi) is 4.17. The monoisotopic (exact) mass is 375 g/mol. The maximum absolute atomic E-state index is 11.7. The quantitative estimate of drug-likeness (QED) is 0.786. The number of aromatic nitrogens is 5. The third-order valence-corrected chi connectivity index (χ3v) is 3.28. The van der Waals surface area contributed by atoms with Crippen molar-refractivity contribution in [2.24, 2.45) is 5.92 Å². The van der Waals surface area contributed by atoms with E-state index in [1.807, 2.05) is 22.6 Å². The number of rotatable bonds is 4. The Morgan fingerprint density at radius 1 is 1.42 bits per heavy atom. The zero-order chi connectivity index (χ0) is 14.0. The lowest BCUT2D eigenvalue weighted by molar-refractivity contribution is 0.458. The maximum atomic E-state index is 11.7. The van der Waals surface area contributed by atoms with Crippen LogP contribution < -0.4 is 11.2 Å². The third kappa shape index (κ3) is 3.31. The van der Waals surface area contributed by atoms with Gasteiger partial charge in [-0.3, -0.25) is 14.3 Å². The van der Waals surface area contributed by atoms with Gasteiger partial charge in [-0.1, -0.05) is 13.8 Å². The number of H-pyrrole nitrogens is 1. The topological polar surface area (TPSA) is 85.6 Å². The van der Waals surface area contributed by atoms with Crippen LogP contribution in [0.5, 0.6) is 0 Å². The van der Waals surface area contributed by atoms with E-state index in [1.165, 1.54) is 17.1 Å². The first kappa shape index (κ1) is 14.0. The van der Waals surface area contributed by atoms with Crippen LogP contribution in [-0.2, 0) is 13.1 Å². The Bertz CT molecular complexity index is 685. The van der Waals surface area contributed by atoms with E-state index < -0.39 is 5.69 Å². The summed E-state index contributed by atoms with van der Waals surface area (Å²) in [5.74, 6) is 1.13. The molecular weight excluding hydrogens is 361 g/mol. The van der Waals surface area contributed by atoms with E-state index in [0.717, 1.165) is 6.54 Å². The van der Waals surface area contributed by atoms with Gasteiger partial charge in [0.05, 0.1) is 10.1 Å². The lowest BCUT2D eigenvalue weighted by Gasteiger charge is -2.09. The van der Waals surface area contributed by atoms with Crippen molar-refractivity contribution in [3.05, 3.63) is 42.8 Å². The summed E-state index contributed by atoms with van der Waals surface area (Å²) >= 11 is 1.89. The number of halogens is 1. The van der Waals surface area contributed by atoms with Gasteiger partial charge in [0.25, 0.3) is 5.56 Å². The second-order valence-electron chi connectivity index (χ2n) is 4.62. The van der Waals surface area contributed by atoms with Crippen LogP contribution in [0.4, 0.5) is 0 Å². The smallest absolute Gasteiger partial charge is 0.292 e. The number of hydrogen-bond donors (Lipinski definition) is 1. The maximum Gasteiger partial charge on any atom is 0.328 e. The molecule has 102 valence electrons. The van der Waals surface area contributed by atoms with Gasteiger partial charge in [0, 0.05) is 12.7 Å². The predicted molar refractivity (Wildman–Crippen MR) is 78.0 cm³/mol. The molecule has 0 aliphatic heterocycles. The molecule has 8 heteroatoms. The Balaban J connectivity index is 2.32. The minimum atomic E-state index is -0.440. The van der Waals surface area contributed by atoms with Crippen molar-refractivity contribution >= 4 is 22.6 Å². The average molecular weight is 375 g/mol. The van der Waals surface area contributed by atoms with Crippen LogP contribution in [0.3, 0.4) is 0 Å². The molecule has 0 fully saturated rings. The van der Waals surface area contributed by atoms with Crippen LogP contribution in [0.2, 0.25) is 0 Å². The molecule has 0 aliphatic carbocycles. The largest absolute Gasteiger partial charge is 0.328 e. The highest BCUT2D eigenvalue weighted by molar-refractivity contribution is 14.1. The van der Waals surface area contributed by atoms with Gasteiger partial charge in [-0.2, -0.15) is 5.10 Å². The van der Waals surface area contributed by atoms with Crippen LogP contribution >= 0.6 is 22.6 Å². The summed E-state index contributed by atoms with van der Waals surface area (Å²) in [6.07, 6.45) is 3.00. The molecule has 0 saturated carbocycles. The fraction of sp³-hybridized carbons (Fsp3) is 0.455. The van der Waals surface area contributed by atoms with Gasteiger partial charge in [-0.05, 0) is 28.5 Å². The minimum Gasteiger partial charge on any atom is -0.292 e. The SMILES string of the molecule is CC(C)Cn1ncnc1Cn1cc(I)c(=O)[nH]c1=O. The summed E-state index contributed by atoms with van der Waals surface area (Å²) < 4.78 is 3.66. The summed E-state index contributed by atoms with van der Waals surface area (Å²) in [7, 11) is 0. The fourth-order valence-corrected chi connectivity index (χ4v) is 2.13. The van der Waals surface area contributed by atoms with E-state index in [1.54, 1.807) is 4.68 Å². The lowest BCUT2D eigenvalue weighted by atomic mass is 10.2. The normalized spacial score (nSPS) is 11.2. The van der Waals surface area contributed by atoms with Crippen LogP contribution in [0.1, 0.15) is 19.7 Å². The molecule has 0 aromatic carbocycles. The second-order valence-corrected chi connectivity index (χ2v) is 5.78. The summed E-state index contributed by atoms with van der Waals surface area (Å²) in [5.41, 5.74) is -0.810. The summed E-state index contributed by atoms with van der Waals surface area (Å²) in [4.78, 5) is 29.4. The molecule has 2 rings (SSSR count). The molecular formula is C11H14IN5O2. The molecule has 0 unspecified atom stereocenters. The van der Waals surface area contributed by atoms with Crippen molar-refractivity contribution in [3.8, 4) is 0 Å². The molecule has 0 bridgehead atoms. The molecule has 2 heterocycles. The van der Waals surface area contributed by atoms with E-state index in [0.29, 0.717) is 21.9 Å². The van der Waals surface area contributed by atoms with Gasteiger partial charge >= 0.3 is 5.69 Å². The van der Waals surface area contributed by atoms with Crippen molar-refractivity contribution in [1.82, 2.24) is 24.3 Å². The lowest BCUT2D eigenvalue weighted by Crippen LogP contribution is -2.32. The number of nitrogens with zero attached hydrogens (tertiary/aromatic N) is 4. The summed E-state index contributed by atoms with van der Waals surface area (Å²) in [5, 5.41) is 4.14. The van der Waals surface area contributed by atoms with Crippen LogP contribution in [0.15, 0.2) is 22.1 Å². The zero-order valence-electron chi connectivity index (χ0n) is 10.6. The average Bonchev–Trinajstić information content (AvgIpc) is 2.72. The summed E-state index contributed by atoms with van der Waals surface area (Å²) in [6, 6.07) is 0. The predicted octanol–water partition coefficient (Wildman–Crippen LogP) is 0.437. The van der Waals surface area contributed by atoms with Gasteiger partial charge < -0.3 is 0 Å². The third-order valence-electron chi connectivity index (χ3n) is 2.51. The standard InChI is InChI=1S/C11H14IN5O2/c1-7(2)3-17-9(13-6-14-17)5-16-4-8(12)10(18)15-11(16)19/h4,6-7H,3,5H2,1-2H3,(H,15,18,19). The van der Waals surface area contributed by atoms with Crippen molar-refractivity contribution in [2.75, 3.05) is 0 Å². The number of hydrogen-bond acceptors (Lipinski definition) is 4. The highest BCUT2D eigenvalue weighted by Gasteiger charge is 2.09. The van der Waals surface area contributed by atoms with Crippen molar-refractivity contribution in [1.29, 1.82) is 0 Å². The Hall–Kier alpha value is -1.45. The highest BCUT2D eigenvalue weighted by Crippen LogP contribution is 2.03. The molecule has 0 amide bonds. The van der Waals surface area contributed by atoms with E-state index in [-0.39, 0.29) is 5.56 Å². The van der Waals surface area contributed by atoms with Gasteiger partial charge in [-0.25, -0.2) is 14.5 Å². The van der Waals surface area contributed by atoms with E-state index in [4.69, 9.17) is 0 Å². The molecule has 7 nitrogen and oxygen atoms in total. The molecule has 19 heavy (non-hydrogen) atoms. The van der Waals surface area contributed by atoms with Crippen LogP contribution in [0, 0.1) is 9.49 Å². The molecule has 0 atom stereocenters. The van der Waals surface area contributed by atoms with E-state index in [9.17, 15) is 9.59 Å². The molecule has 0 saturated heterocycles. The van der Waals surface area contributed by atoms with Gasteiger partial charge in [0.2, 0.25) is 0 Å². The zero-order valence-corrected chi connectivity index (χ0v) is 12.8. The molecule has 2 aromatic heterocycles. The van der Waals surface area contributed by atoms with Crippen molar-refractivity contribution < 1.29 is 0 Å². The Morgan fingerprint density at radius 3 is 2.84 bits per heavy atom. The van der Waals surface area contributed by atoms with Crippen LogP contribution in [0.25, 0.3) is 0 Å². The molecule has 0 radical (unpaired) electrons. The molecule has 0 spiro atoms. The van der Waals surface area contributed by atoms with Crippen molar-refractivity contribution in [3.63, 3.8) is 0 Å². The van der Waals surface area contributed by atoms with Crippen LogP contribution in [-0.4, -0.2) is 24.3 Å². The second kappa shape index (κ2) is 5.68. The summed E-state index contributed by atoms with van der Waals surface area (Å²) in [6.45, 7) is 5.20. The number of nitrogens with one attached hydrogen (secondary N) is 1. The highest BCUT2D eigenvalue weighted by atomic mass is 127. The first-order valence-electron chi connectivity index (χ1n) is 5.83. The fourth-order valence-electron chi connectivity index (χ4n) is 1.66. The van der Waals surface area contributed by atoms with E-state index in [2.05, 4.69) is 28.9 Å². The van der Waals surface area contributed by atoms with E-state index >= 15 is 0 Å². The van der Waals surface area contributed by atoms with Gasteiger partial charge in [0.15, 0.2) is 0 Å². The molecule has 2 aromatic rings. The molecule has 1 N–H and O–H groups in total. The molecule has 0 aliphatic rings. The first-order chi connectivity index (χ1) is 8.97. The van der Waals surface area contributed by atoms with Gasteiger partial charge in [-0.15, -0.1) is 0 Å². The Labute approximate surface area is 122 Å². The minimum absolute atomic E-state index is 0.290.